The Balaban J connectivity index is 2.15. The van der Waals surface area contributed by atoms with E-state index in [2.05, 4.69) is 30.5 Å². The average molecular weight is 484 g/mol. The molecule has 0 atom stereocenters. The molecule has 3 aromatic rings. The summed E-state index contributed by atoms with van der Waals surface area (Å²) in [4.78, 5) is 16.3. The summed E-state index contributed by atoms with van der Waals surface area (Å²) in [6.07, 6.45) is 9.16. The summed E-state index contributed by atoms with van der Waals surface area (Å²) >= 11 is 0. The first-order valence-electron chi connectivity index (χ1n) is 10.6. The van der Waals surface area contributed by atoms with Gasteiger partial charge in [0, 0.05) is 34.9 Å². The van der Waals surface area contributed by atoms with E-state index < -0.39 is 10.0 Å². The van der Waals surface area contributed by atoms with Gasteiger partial charge in [0.05, 0.1) is 26.2 Å². The lowest BCUT2D eigenvalue weighted by atomic mass is 9.84. The molecule has 0 saturated heterocycles. The van der Waals surface area contributed by atoms with Crippen LogP contribution in [-0.4, -0.2) is 36.4 Å². The monoisotopic (exact) mass is 483 g/mol. The molecule has 0 saturated carbocycles. The van der Waals surface area contributed by atoms with Crippen LogP contribution in [0.15, 0.2) is 53.7 Å². The third kappa shape index (κ3) is 5.92. The molecule has 0 fully saturated rings. The van der Waals surface area contributed by atoms with Crippen molar-refractivity contribution in [2.24, 2.45) is 0 Å². The van der Waals surface area contributed by atoms with Crippen molar-refractivity contribution >= 4 is 27.9 Å². The molecular weight excluding hydrogens is 454 g/mol. The third-order valence-electron chi connectivity index (χ3n) is 5.18. The first-order valence-corrected chi connectivity index (χ1v) is 12.5. The van der Waals surface area contributed by atoms with Crippen molar-refractivity contribution in [2.45, 2.75) is 32.8 Å². The molecule has 0 amide bonds. The Morgan fingerprint density at radius 3 is 2.44 bits per heavy atom. The Morgan fingerprint density at radius 2 is 1.85 bits per heavy atom. The van der Waals surface area contributed by atoms with Gasteiger partial charge in [-0.2, -0.15) is 0 Å². The van der Waals surface area contributed by atoms with Crippen molar-refractivity contribution in [2.75, 3.05) is 18.1 Å². The van der Waals surface area contributed by atoms with E-state index in [4.69, 9.17) is 4.74 Å². The molecule has 34 heavy (non-hydrogen) atoms. The maximum Gasteiger partial charge on any atom is 0.273 e. The van der Waals surface area contributed by atoms with Crippen molar-refractivity contribution in [3.05, 3.63) is 81.5 Å². The molecule has 0 aliphatic rings. The first-order chi connectivity index (χ1) is 15.9. The lowest BCUT2D eigenvalue weighted by Gasteiger charge is -2.25. The molecule has 8 nitrogen and oxygen atoms in total. The third-order valence-corrected chi connectivity index (χ3v) is 5.78. The second kappa shape index (κ2) is 9.82. The zero-order valence-electron chi connectivity index (χ0n) is 19.9. The van der Waals surface area contributed by atoms with Crippen molar-refractivity contribution in [1.82, 2.24) is 9.55 Å². The highest BCUT2D eigenvalue weighted by Crippen LogP contribution is 2.37. The number of anilines is 1. The lowest BCUT2D eigenvalue weighted by Crippen LogP contribution is -2.19. The van der Waals surface area contributed by atoms with E-state index >= 15 is 0 Å². The van der Waals surface area contributed by atoms with Gasteiger partial charge in [-0.05, 0) is 40.8 Å². The number of hydrogen-bond donors (Lipinski definition) is 2. The van der Waals surface area contributed by atoms with E-state index in [1.54, 1.807) is 37.7 Å². The van der Waals surface area contributed by atoms with E-state index in [0.29, 0.717) is 28.3 Å². The van der Waals surface area contributed by atoms with Crippen LogP contribution in [0.25, 0.3) is 17.8 Å². The zero-order chi connectivity index (χ0) is 25.1. The lowest BCUT2D eigenvalue weighted by molar-refractivity contribution is 0.281. The molecule has 0 aliphatic heterocycles. The van der Waals surface area contributed by atoms with Crippen LogP contribution in [0.3, 0.4) is 0 Å². The van der Waals surface area contributed by atoms with Gasteiger partial charge in [0.25, 0.3) is 5.56 Å². The Hall–Kier alpha value is -3.43. The fourth-order valence-corrected chi connectivity index (χ4v) is 4.16. The Bertz CT molecular complexity index is 1390. The first kappa shape index (κ1) is 25.2. The number of aliphatic hydroxyl groups excluding tert-OH is 1. The number of methoxy groups -OCH3 is 1. The molecule has 180 valence electrons. The van der Waals surface area contributed by atoms with Gasteiger partial charge in [0.15, 0.2) is 0 Å². The van der Waals surface area contributed by atoms with Gasteiger partial charge < -0.3 is 9.84 Å². The fraction of sp³-hybridized carbons (Fsp3) is 0.280. The molecule has 0 radical (unpaired) electrons. The van der Waals surface area contributed by atoms with E-state index in [1.165, 1.54) is 10.8 Å². The number of hydrogen-bond acceptors (Lipinski definition) is 6. The molecule has 2 N–H and O–H groups in total. The smallest absolute Gasteiger partial charge is 0.273 e. The SMILES string of the molecule is COc1c(/C=C/c2ccc(NS(C)(=O)=O)cc2CO)cc(-n2ccncc2=O)cc1C(C)(C)C. The number of aromatic nitrogens is 2. The van der Waals surface area contributed by atoms with Crippen molar-refractivity contribution in [3.63, 3.8) is 0 Å². The largest absolute Gasteiger partial charge is 0.496 e. The maximum atomic E-state index is 12.4. The molecule has 0 bridgehead atoms. The summed E-state index contributed by atoms with van der Waals surface area (Å²) in [6, 6.07) is 8.73. The topological polar surface area (TPSA) is 111 Å². The predicted molar refractivity (Wildman–Crippen MR) is 135 cm³/mol. The Kier molecular flexibility index (Phi) is 7.28. The average Bonchev–Trinajstić information content (AvgIpc) is 2.76. The minimum Gasteiger partial charge on any atom is -0.496 e. The van der Waals surface area contributed by atoms with E-state index in [-0.39, 0.29) is 17.6 Å². The van der Waals surface area contributed by atoms with Gasteiger partial charge in [-0.1, -0.05) is 39.0 Å². The van der Waals surface area contributed by atoms with E-state index in [0.717, 1.165) is 17.4 Å². The van der Waals surface area contributed by atoms with Gasteiger partial charge in [0.1, 0.15) is 5.75 Å². The summed E-state index contributed by atoms with van der Waals surface area (Å²) in [5.74, 6) is 0.676. The summed E-state index contributed by atoms with van der Waals surface area (Å²) in [7, 11) is -1.83. The molecule has 0 unspecified atom stereocenters. The number of benzene rings is 2. The molecule has 0 aliphatic carbocycles. The Labute approximate surface area is 199 Å². The van der Waals surface area contributed by atoms with Crippen molar-refractivity contribution in [3.8, 4) is 11.4 Å². The molecule has 1 heterocycles. The maximum absolute atomic E-state index is 12.4. The number of sulfonamides is 1. The second-order valence-electron chi connectivity index (χ2n) is 8.93. The quantitative estimate of drug-likeness (QED) is 0.497. The molecule has 3 rings (SSSR count). The van der Waals surface area contributed by atoms with Crippen LogP contribution in [-0.2, 0) is 22.0 Å². The fourth-order valence-electron chi connectivity index (χ4n) is 3.61. The van der Waals surface area contributed by atoms with E-state index in [9.17, 15) is 18.3 Å². The number of nitrogens with zero attached hydrogens (tertiary/aromatic N) is 2. The van der Waals surface area contributed by atoms with Crippen LogP contribution < -0.4 is 15.0 Å². The van der Waals surface area contributed by atoms with Gasteiger partial charge >= 0.3 is 0 Å². The molecule has 1 aromatic heterocycles. The highest BCUT2D eigenvalue weighted by molar-refractivity contribution is 7.92. The van der Waals surface area contributed by atoms with Crippen LogP contribution in [0.5, 0.6) is 5.75 Å². The molecule has 0 spiro atoms. The van der Waals surface area contributed by atoms with Crippen LogP contribution >= 0.6 is 0 Å². The van der Waals surface area contributed by atoms with Gasteiger partial charge in [-0.3, -0.25) is 19.1 Å². The molecular formula is C25H29N3O5S. The van der Waals surface area contributed by atoms with Crippen LogP contribution in [0.1, 0.15) is 43.0 Å². The summed E-state index contributed by atoms with van der Waals surface area (Å²) < 4.78 is 32.7. The predicted octanol–water partition coefficient (Wildman–Crippen LogP) is 3.57. The van der Waals surface area contributed by atoms with Gasteiger partial charge in [0.2, 0.25) is 10.0 Å². The second-order valence-corrected chi connectivity index (χ2v) is 10.7. The van der Waals surface area contributed by atoms with Gasteiger partial charge in [-0.15, -0.1) is 0 Å². The highest BCUT2D eigenvalue weighted by Gasteiger charge is 2.22. The van der Waals surface area contributed by atoms with E-state index in [1.807, 2.05) is 24.3 Å². The van der Waals surface area contributed by atoms with Crippen molar-refractivity contribution in [1.29, 1.82) is 0 Å². The Morgan fingerprint density at radius 1 is 1.15 bits per heavy atom. The number of rotatable bonds is 7. The number of nitrogens with one attached hydrogen (secondary N) is 1. The van der Waals surface area contributed by atoms with Crippen molar-refractivity contribution < 1.29 is 18.3 Å². The van der Waals surface area contributed by atoms with Gasteiger partial charge in [-0.25, -0.2) is 8.42 Å². The summed E-state index contributed by atoms with van der Waals surface area (Å²) in [5, 5.41) is 9.83. The minimum absolute atomic E-state index is 0.251. The van der Waals surface area contributed by atoms with Crippen LogP contribution in [0.2, 0.25) is 0 Å². The minimum atomic E-state index is -3.43. The molecule has 2 aromatic carbocycles. The highest BCUT2D eigenvalue weighted by atomic mass is 32.2. The zero-order valence-corrected chi connectivity index (χ0v) is 20.7. The summed E-state index contributed by atoms with van der Waals surface area (Å²) in [5.41, 5.74) is 3.47. The van der Waals surface area contributed by atoms with Crippen LogP contribution in [0, 0.1) is 0 Å². The van der Waals surface area contributed by atoms with Crippen LogP contribution in [0.4, 0.5) is 5.69 Å². The molecule has 9 heteroatoms. The normalized spacial score (nSPS) is 12.2. The number of ether oxygens (including phenoxy) is 1. The standard InChI is InChI=1S/C25H29N3O5S/c1-25(2,3)22-14-21(28-11-10-26-15-23(28)30)13-18(24(22)33-4)7-6-17-8-9-20(12-19(17)16-29)27-34(5,31)32/h6-15,27,29H,16H2,1-5H3/b7-6+. The summed E-state index contributed by atoms with van der Waals surface area (Å²) in [6.45, 7) is 5.92. The number of aliphatic hydroxyl groups is 1.